The average molecular weight is 546 g/mol. The van der Waals surface area contributed by atoms with E-state index in [0.29, 0.717) is 26.2 Å². The lowest BCUT2D eigenvalue weighted by Crippen LogP contribution is -2.50. The van der Waals surface area contributed by atoms with E-state index in [-0.39, 0.29) is 6.42 Å². The molecule has 34 heavy (non-hydrogen) atoms. The number of aliphatic carboxylic acids is 1. The topological polar surface area (TPSA) is 116 Å². The summed E-state index contributed by atoms with van der Waals surface area (Å²) in [6.07, 6.45) is -1.82. The van der Waals surface area contributed by atoms with Crippen molar-refractivity contribution in [2.45, 2.75) is 24.6 Å². The lowest BCUT2D eigenvalue weighted by molar-refractivity contribution is -0.143. The van der Waals surface area contributed by atoms with E-state index >= 15 is 0 Å². The van der Waals surface area contributed by atoms with E-state index in [9.17, 15) is 24.6 Å². The van der Waals surface area contributed by atoms with Crippen LogP contribution in [0.25, 0.3) is 0 Å². The van der Waals surface area contributed by atoms with E-state index in [4.69, 9.17) is 11.6 Å². The molecule has 0 bridgehead atoms. The van der Waals surface area contributed by atoms with Crippen molar-refractivity contribution in [2.24, 2.45) is 0 Å². The number of rotatable bonds is 9. The molecule has 0 unspecified atom stereocenters. The summed E-state index contributed by atoms with van der Waals surface area (Å²) in [5.41, 5.74) is 1.41. The number of carbonyl (C=O) groups excluding carboxylic acids is 2. The Labute approximate surface area is 209 Å². The van der Waals surface area contributed by atoms with Gasteiger partial charge in [0.2, 0.25) is 0 Å². The molecule has 0 aromatic heterocycles. The number of aliphatic hydroxyl groups is 1. The van der Waals surface area contributed by atoms with Crippen molar-refractivity contribution >= 4 is 45.3 Å². The maximum absolute atomic E-state index is 12.9. The monoisotopic (exact) mass is 544 g/mol. The summed E-state index contributed by atoms with van der Waals surface area (Å²) in [5.74, 6) is -2.70. The minimum atomic E-state index is -1.75. The molecule has 0 aliphatic carbocycles. The Hall–Kier alpha value is -3.20. The number of aliphatic hydroxyl groups excluding tert-OH is 1. The fourth-order valence-electron chi connectivity index (χ4n) is 3.35. The van der Waals surface area contributed by atoms with Crippen LogP contribution in [0.5, 0.6) is 0 Å². The van der Waals surface area contributed by atoms with Crippen LogP contribution in [0, 0.1) is 0 Å². The Bertz CT molecular complexity index is 1160. The van der Waals surface area contributed by atoms with Gasteiger partial charge in [-0.05, 0) is 41.5 Å². The van der Waals surface area contributed by atoms with Gasteiger partial charge in [0, 0.05) is 21.5 Å². The van der Waals surface area contributed by atoms with Crippen LogP contribution in [0.2, 0.25) is 5.02 Å². The van der Waals surface area contributed by atoms with Crippen LogP contribution in [-0.4, -0.2) is 40.1 Å². The van der Waals surface area contributed by atoms with Crippen LogP contribution >= 0.6 is 27.5 Å². The third-order valence-corrected chi connectivity index (χ3v) is 6.12. The van der Waals surface area contributed by atoms with E-state index in [1.54, 1.807) is 78.9 Å². The number of amides is 2. The van der Waals surface area contributed by atoms with Crippen molar-refractivity contribution in [3.05, 3.63) is 105 Å². The lowest BCUT2D eigenvalue weighted by Gasteiger charge is -2.25. The number of nitrogens with one attached hydrogen (secondary N) is 2. The number of hydrogen-bond donors (Lipinski definition) is 4. The molecule has 0 saturated carbocycles. The molecule has 0 saturated heterocycles. The van der Waals surface area contributed by atoms with Crippen LogP contribution in [0.15, 0.2) is 83.3 Å². The lowest BCUT2D eigenvalue weighted by atomic mass is 9.99. The Kier molecular flexibility index (Phi) is 8.81. The van der Waals surface area contributed by atoms with Crippen LogP contribution in [0.4, 0.5) is 0 Å². The number of halogens is 2. The highest BCUT2D eigenvalue weighted by Gasteiger charge is 2.32. The second kappa shape index (κ2) is 11.8. The van der Waals surface area contributed by atoms with Crippen molar-refractivity contribution in [1.82, 2.24) is 10.6 Å². The summed E-state index contributed by atoms with van der Waals surface area (Å²) in [4.78, 5) is 37.5. The molecule has 7 nitrogen and oxygen atoms in total. The number of carboxylic acid groups (broad SMARTS) is 1. The molecule has 3 atom stereocenters. The highest BCUT2D eigenvalue weighted by atomic mass is 79.9. The fourth-order valence-corrected chi connectivity index (χ4v) is 3.95. The Balaban J connectivity index is 1.80. The first kappa shape index (κ1) is 25.4. The van der Waals surface area contributed by atoms with Gasteiger partial charge in [-0.2, -0.15) is 0 Å². The third-order valence-electron chi connectivity index (χ3n) is 5.11. The number of hydrogen-bond acceptors (Lipinski definition) is 4. The smallest absolute Gasteiger partial charge is 0.326 e. The molecule has 0 heterocycles. The molecule has 2 amide bonds. The minimum absolute atomic E-state index is 0.0681. The normalized spacial score (nSPS) is 13.4. The minimum Gasteiger partial charge on any atom is -0.480 e. The first-order valence-corrected chi connectivity index (χ1v) is 11.5. The Morgan fingerprint density at radius 3 is 2.15 bits per heavy atom. The average Bonchev–Trinajstić information content (AvgIpc) is 2.84. The van der Waals surface area contributed by atoms with Crippen molar-refractivity contribution in [3.8, 4) is 0 Å². The van der Waals surface area contributed by atoms with E-state index in [1.807, 2.05) is 0 Å². The van der Waals surface area contributed by atoms with Gasteiger partial charge in [-0.15, -0.1) is 0 Å². The van der Waals surface area contributed by atoms with Gasteiger partial charge in [0.1, 0.15) is 6.04 Å². The van der Waals surface area contributed by atoms with Gasteiger partial charge < -0.3 is 20.8 Å². The molecule has 176 valence electrons. The fraction of sp³-hybridized carbons (Fsp3) is 0.160. The Morgan fingerprint density at radius 2 is 1.53 bits per heavy atom. The summed E-state index contributed by atoms with van der Waals surface area (Å²) < 4.78 is 0.634. The van der Waals surface area contributed by atoms with E-state index in [2.05, 4.69) is 26.6 Å². The number of carbonyl (C=O) groups is 3. The molecule has 0 radical (unpaired) electrons. The molecule has 0 fully saturated rings. The molecule has 3 aromatic carbocycles. The zero-order valence-electron chi connectivity index (χ0n) is 17.8. The van der Waals surface area contributed by atoms with E-state index < -0.39 is 36.0 Å². The van der Waals surface area contributed by atoms with Gasteiger partial charge >= 0.3 is 5.97 Å². The summed E-state index contributed by atoms with van der Waals surface area (Å²) in [5, 5.41) is 26.0. The van der Waals surface area contributed by atoms with Crippen molar-refractivity contribution in [3.63, 3.8) is 0 Å². The third kappa shape index (κ3) is 6.66. The standard InChI is InChI=1S/C25H22BrClN2O5/c26-19-12-11-18(27)13-17(19)14-20(25(33)34)28-24(32)22(30)21(15-7-3-1-4-8-15)29-23(31)16-9-5-2-6-10-16/h1-13,20-22,30H,14H2,(H,28,32)(H,29,31)(H,33,34)/t20-,21-,22+/m0/s1. The molecular weight excluding hydrogens is 524 g/mol. The van der Waals surface area contributed by atoms with E-state index in [0.717, 1.165) is 0 Å². The molecule has 0 aliphatic rings. The van der Waals surface area contributed by atoms with Crippen LogP contribution in [-0.2, 0) is 16.0 Å². The summed E-state index contributed by atoms with van der Waals surface area (Å²) >= 11 is 9.35. The summed E-state index contributed by atoms with van der Waals surface area (Å²) in [7, 11) is 0. The van der Waals surface area contributed by atoms with Gasteiger partial charge in [-0.3, -0.25) is 9.59 Å². The quantitative estimate of drug-likeness (QED) is 0.327. The Morgan fingerprint density at radius 1 is 0.912 bits per heavy atom. The second-order valence-corrected chi connectivity index (χ2v) is 8.80. The van der Waals surface area contributed by atoms with Crippen LogP contribution in [0.3, 0.4) is 0 Å². The zero-order valence-corrected chi connectivity index (χ0v) is 20.2. The zero-order chi connectivity index (χ0) is 24.7. The molecule has 0 spiro atoms. The maximum atomic E-state index is 12.9. The van der Waals surface area contributed by atoms with Crippen LogP contribution in [0.1, 0.15) is 27.5 Å². The summed E-state index contributed by atoms with van der Waals surface area (Å²) in [6.45, 7) is 0. The molecule has 3 aromatic rings. The highest BCUT2D eigenvalue weighted by molar-refractivity contribution is 9.10. The van der Waals surface area contributed by atoms with Gasteiger partial charge in [-0.25, -0.2) is 4.79 Å². The molecule has 4 N–H and O–H groups in total. The van der Waals surface area contributed by atoms with Crippen molar-refractivity contribution < 1.29 is 24.6 Å². The van der Waals surface area contributed by atoms with Crippen LogP contribution < -0.4 is 10.6 Å². The van der Waals surface area contributed by atoms with Crippen molar-refractivity contribution in [1.29, 1.82) is 0 Å². The number of benzene rings is 3. The molecule has 0 aliphatic heterocycles. The first-order valence-electron chi connectivity index (χ1n) is 10.3. The number of carboxylic acids is 1. The predicted octanol–water partition coefficient (Wildman–Crippen LogP) is 3.75. The molecule has 9 heteroatoms. The second-order valence-electron chi connectivity index (χ2n) is 7.51. The van der Waals surface area contributed by atoms with Gasteiger partial charge in [0.05, 0.1) is 6.04 Å². The SMILES string of the molecule is O=C(N[C@@H](c1ccccc1)[C@@H](O)C(=O)N[C@@H](Cc1cc(Cl)ccc1Br)C(=O)O)c1ccccc1. The molecular formula is C25H22BrClN2O5. The maximum Gasteiger partial charge on any atom is 0.326 e. The largest absolute Gasteiger partial charge is 0.480 e. The van der Waals surface area contributed by atoms with Gasteiger partial charge in [-0.1, -0.05) is 76.1 Å². The first-order chi connectivity index (χ1) is 16.3. The predicted molar refractivity (Wildman–Crippen MR) is 132 cm³/mol. The highest BCUT2D eigenvalue weighted by Crippen LogP contribution is 2.23. The molecule has 3 rings (SSSR count). The summed E-state index contributed by atoms with van der Waals surface area (Å²) in [6, 6.07) is 19.3. The van der Waals surface area contributed by atoms with Gasteiger partial charge in [0.15, 0.2) is 6.10 Å². The van der Waals surface area contributed by atoms with Crippen molar-refractivity contribution in [2.75, 3.05) is 0 Å². The van der Waals surface area contributed by atoms with Gasteiger partial charge in [0.25, 0.3) is 11.8 Å². The van der Waals surface area contributed by atoms with E-state index in [1.165, 1.54) is 0 Å².